The van der Waals surface area contributed by atoms with Gasteiger partial charge in [0, 0.05) is 34.9 Å². The Hall–Kier alpha value is -2.21. The Morgan fingerprint density at radius 3 is 2.68 bits per heavy atom. The first kappa shape index (κ1) is 14.7. The number of anilines is 1. The number of pyridine rings is 1. The fraction of sp³-hybridized carbons (Fsp3) is 0.438. The Kier molecular flexibility index (Phi) is 3.94. The van der Waals surface area contributed by atoms with Crippen LogP contribution in [0.25, 0.3) is 10.9 Å². The van der Waals surface area contributed by atoms with E-state index in [9.17, 15) is 15.2 Å². The van der Waals surface area contributed by atoms with Gasteiger partial charge in [-0.1, -0.05) is 0 Å². The number of benzene rings is 1. The van der Waals surface area contributed by atoms with Crippen molar-refractivity contribution in [1.82, 2.24) is 4.98 Å². The molecule has 22 heavy (non-hydrogen) atoms. The molecule has 1 aliphatic rings. The highest BCUT2D eigenvalue weighted by molar-refractivity contribution is 5.93. The summed E-state index contributed by atoms with van der Waals surface area (Å²) in [5.74, 6) is 0. The molecular formula is C16H19N3O3. The van der Waals surface area contributed by atoms with Crippen molar-refractivity contribution in [1.29, 1.82) is 0 Å². The van der Waals surface area contributed by atoms with Gasteiger partial charge in [-0.05, 0) is 44.7 Å². The van der Waals surface area contributed by atoms with Crippen LogP contribution < -0.4 is 5.32 Å². The Bertz CT molecular complexity index is 709. The van der Waals surface area contributed by atoms with E-state index in [2.05, 4.69) is 10.3 Å². The van der Waals surface area contributed by atoms with Gasteiger partial charge in [-0.2, -0.15) is 0 Å². The first-order chi connectivity index (χ1) is 10.5. The van der Waals surface area contributed by atoms with Gasteiger partial charge in [0.15, 0.2) is 0 Å². The predicted molar refractivity (Wildman–Crippen MR) is 85.0 cm³/mol. The van der Waals surface area contributed by atoms with E-state index in [1.807, 2.05) is 13.0 Å². The van der Waals surface area contributed by atoms with Crippen molar-refractivity contribution >= 4 is 22.3 Å². The number of nitrogens with one attached hydrogen (secondary N) is 1. The van der Waals surface area contributed by atoms with Crippen LogP contribution in [0.3, 0.4) is 0 Å². The SMILES string of the molecule is Cc1cc(NC2CCC(O)CC2)c2cc([N+](=O)[O-])ccc2n1. The van der Waals surface area contributed by atoms with Gasteiger partial charge in [0.25, 0.3) is 5.69 Å². The standard InChI is InChI=1S/C16H19N3O3/c1-10-8-16(18-11-2-5-13(20)6-3-11)14-9-12(19(21)22)4-7-15(14)17-10/h4,7-9,11,13,20H,2-3,5-6H2,1H3,(H,17,18). The lowest BCUT2D eigenvalue weighted by molar-refractivity contribution is -0.384. The molecule has 6 nitrogen and oxygen atoms in total. The van der Waals surface area contributed by atoms with Gasteiger partial charge in [0.1, 0.15) is 0 Å². The van der Waals surface area contributed by atoms with Crippen molar-refractivity contribution < 1.29 is 10.0 Å². The number of nitro benzene ring substituents is 1. The molecule has 0 radical (unpaired) electrons. The summed E-state index contributed by atoms with van der Waals surface area (Å²) < 4.78 is 0. The number of aromatic nitrogens is 1. The molecule has 2 N–H and O–H groups in total. The summed E-state index contributed by atoms with van der Waals surface area (Å²) in [5, 5.41) is 24.8. The fourth-order valence-electron chi connectivity index (χ4n) is 3.02. The maximum Gasteiger partial charge on any atom is 0.270 e. The molecule has 1 fully saturated rings. The lowest BCUT2D eigenvalue weighted by Gasteiger charge is -2.27. The number of fused-ring (bicyclic) bond motifs is 1. The topological polar surface area (TPSA) is 88.3 Å². The Morgan fingerprint density at radius 1 is 1.27 bits per heavy atom. The molecule has 0 atom stereocenters. The van der Waals surface area contributed by atoms with E-state index in [-0.39, 0.29) is 22.8 Å². The number of hydrogen-bond acceptors (Lipinski definition) is 5. The van der Waals surface area contributed by atoms with Gasteiger partial charge < -0.3 is 10.4 Å². The number of rotatable bonds is 3. The molecule has 0 saturated heterocycles. The summed E-state index contributed by atoms with van der Waals surface area (Å²) in [4.78, 5) is 15.0. The van der Waals surface area contributed by atoms with E-state index < -0.39 is 0 Å². The highest BCUT2D eigenvalue weighted by Crippen LogP contribution is 2.30. The van der Waals surface area contributed by atoms with E-state index in [1.54, 1.807) is 12.1 Å². The Labute approximate surface area is 128 Å². The zero-order valence-electron chi connectivity index (χ0n) is 12.5. The highest BCUT2D eigenvalue weighted by atomic mass is 16.6. The molecule has 6 heteroatoms. The first-order valence-electron chi connectivity index (χ1n) is 7.53. The second-order valence-electron chi connectivity index (χ2n) is 5.92. The third-order valence-electron chi connectivity index (χ3n) is 4.19. The van der Waals surface area contributed by atoms with Crippen LogP contribution in [-0.4, -0.2) is 27.2 Å². The smallest absolute Gasteiger partial charge is 0.270 e. The Morgan fingerprint density at radius 2 is 2.00 bits per heavy atom. The predicted octanol–water partition coefficient (Wildman–Crippen LogP) is 3.17. The minimum atomic E-state index is -0.389. The van der Waals surface area contributed by atoms with Crippen LogP contribution in [0.15, 0.2) is 24.3 Å². The molecule has 3 rings (SSSR count). The Balaban J connectivity index is 1.96. The molecule has 0 aliphatic heterocycles. The van der Waals surface area contributed by atoms with E-state index in [1.165, 1.54) is 6.07 Å². The summed E-state index contributed by atoms with van der Waals surface area (Å²) in [5.41, 5.74) is 2.58. The number of aliphatic hydroxyl groups excluding tert-OH is 1. The van der Waals surface area contributed by atoms with E-state index in [0.29, 0.717) is 0 Å². The minimum Gasteiger partial charge on any atom is -0.393 e. The normalized spacial score (nSPS) is 21.7. The number of nitro groups is 1. The van der Waals surface area contributed by atoms with Gasteiger partial charge in [0.05, 0.1) is 16.5 Å². The quantitative estimate of drug-likeness (QED) is 0.671. The third kappa shape index (κ3) is 3.01. The maximum absolute atomic E-state index is 11.0. The summed E-state index contributed by atoms with van der Waals surface area (Å²) >= 11 is 0. The van der Waals surface area contributed by atoms with Crippen LogP contribution >= 0.6 is 0 Å². The van der Waals surface area contributed by atoms with Crippen LogP contribution in [-0.2, 0) is 0 Å². The maximum atomic E-state index is 11.0. The summed E-state index contributed by atoms with van der Waals surface area (Å²) in [7, 11) is 0. The van der Waals surface area contributed by atoms with Crippen molar-refractivity contribution in [2.75, 3.05) is 5.32 Å². The zero-order valence-corrected chi connectivity index (χ0v) is 12.5. The van der Waals surface area contributed by atoms with E-state index >= 15 is 0 Å². The van der Waals surface area contributed by atoms with Crippen LogP contribution in [0.5, 0.6) is 0 Å². The second kappa shape index (κ2) is 5.88. The molecule has 1 aromatic carbocycles. The van der Waals surface area contributed by atoms with Gasteiger partial charge in [0.2, 0.25) is 0 Å². The monoisotopic (exact) mass is 301 g/mol. The summed E-state index contributed by atoms with van der Waals surface area (Å²) in [6.45, 7) is 1.91. The van der Waals surface area contributed by atoms with Crippen molar-refractivity contribution in [3.8, 4) is 0 Å². The second-order valence-corrected chi connectivity index (χ2v) is 5.92. The molecule has 0 amide bonds. The zero-order chi connectivity index (χ0) is 15.7. The first-order valence-corrected chi connectivity index (χ1v) is 7.53. The number of aliphatic hydroxyl groups is 1. The van der Waals surface area contributed by atoms with Gasteiger partial charge in [-0.3, -0.25) is 15.1 Å². The van der Waals surface area contributed by atoms with Crippen molar-refractivity contribution in [3.05, 3.63) is 40.1 Å². The van der Waals surface area contributed by atoms with Crippen LogP contribution in [0.1, 0.15) is 31.4 Å². The summed E-state index contributed by atoms with van der Waals surface area (Å²) in [6.07, 6.45) is 3.19. The largest absolute Gasteiger partial charge is 0.393 e. The fourth-order valence-corrected chi connectivity index (χ4v) is 3.02. The number of hydrogen-bond donors (Lipinski definition) is 2. The molecule has 116 valence electrons. The van der Waals surface area contributed by atoms with Crippen LogP contribution in [0, 0.1) is 17.0 Å². The number of aryl methyl sites for hydroxylation is 1. The molecule has 0 spiro atoms. The molecule has 2 aromatic rings. The lowest BCUT2D eigenvalue weighted by atomic mass is 9.93. The van der Waals surface area contributed by atoms with Crippen LogP contribution in [0.4, 0.5) is 11.4 Å². The molecule has 1 heterocycles. The molecular weight excluding hydrogens is 282 g/mol. The molecule has 1 aromatic heterocycles. The number of non-ortho nitro benzene ring substituents is 1. The molecule has 1 saturated carbocycles. The van der Waals surface area contributed by atoms with Crippen molar-refractivity contribution in [2.45, 2.75) is 44.8 Å². The average Bonchev–Trinajstić information content (AvgIpc) is 2.49. The van der Waals surface area contributed by atoms with Gasteiger partial charge in [-0.15, -0.1) is 0 Å². The molecule has 0 bridgehead atoms. The van der Waals surface area contributed by atoms with E-state index in [4.69, 9.17) is 0 Å². The lowest BCUT2D eigenvalue weighted by Crippen LogP contribution is -2.28. The number of nitrogens with zero attached hydrogens (tertiary/aromatic N) is 2. The third-order valence-corrected chi connectivity index (χ3v) is 4.19. The average molecular weight is 301 g/mol. The van der Waals surface area contributed by atoms with Crippen molar-refractivity contribution in [3.63, 3.8) is 0 Å². The van der Waals surface area contributed by atoms with Crippen molar-refractivity contribution in [2.24, 2.45) is 0 Å². The van der Waals surface area contributed by atoms with Gasteiger partial charge >= 0.3 is 0 Å². The highest BCUT2D eigenvalue weighted by Gasteiger charge is 2.20. The van der Waals surface area contributed by atoms with Crippen LogP contribution in [0.2, 0.25) is 0 Å². The molecule has 0 unspecified atom stereocenters. The minimum absolute atomic E-state index is 0.0697. The summed E-state index contributed by atoms with van der Waals surface area (Å²) in [6, 6.07) is 6.96. The van der Waals surface area contributed by atoms with Gasteiger partial charge in [-0.25, -0.2) is 0 Å². The molecule has 1 aliphatic carbocycles. The van der Waals surface area contributed by atoms with E-state index in [0.717, 1.165) is 48.0 Å².